The van der Waals surface area contributed by atoms with Gasteiger partial charge in [0.15, 0.2) is 0 Å². The second kappa shape index (κ2) is 8.30. The van der Waals surface area contributed by atoms with E-state index in [1.54, 1.807) is 0 Å². The van der Waals surface area contributed by atoms with Gasteiger partial charge in [-0.3, -0.25) is 4.79 Å². The van der Waals surface area contributed by atoms with Crippen LogP contribution in [0.5, 0.6) is 5.75 Å². The fourth-order valence-corrected chi connectivity index (χ4v) is 3.35. The number of hydrogen-bond acceptors (Lipinski definition) is 3. The van der Waals surface area contributed by atoms with Crippen LogP contribution >= 0.6 is 0 Å². The van der Waals surface area contributed by atoms with Crippen molar-refractivity contribution < 1.29 is 14.3 Å². The number of fused-ring (bicyclic) bond motifs is 1. The zero-order valence-electron chi connectivity index (χ0n) is 16.9. The summed E-state index contributed by atoms with van der Waals surface area (Å²) in [7, 11) is 0. The number of nitrogens with one attached hydrogen (secondary N) is 1. The van der Waals surface area contributed by atoms with Crippen LogP contribution in [0.1, 0.15) is 53.4 Å². The van der Waals surface area contributed by atoms with Gasteiger partial charge >= 0.3 is 0 Å². The first-order chi connectivity index (χ1) is 13.0. The molecule has 0 unspecified atom stereocenters. The first kappa shape index (κ1) is 19.7. The predicted molar refractivity (Wildman–Crippen MR) is 110 cm³/mol. The molecule has 0 aromatic heterocycles. The Morgan fingerprint density at radius 1 is 1.19 bits per heavy atom. The molecule has 0 aliphatic heterocycles. The molecule has 0 spiro atoms. The van der Waals surface area contributed by atoms with E-state index in [-0.39, 0.29) is 12.0 Å². The van der Waals surface area contributed by atoms with E-state index in [1.165, 1.54) is 0 Å². The number of anilines is 1. The summed E-state index contributed by atoms with van der Waals surface area (Å²) in [5, 5.41) is 5.13. The van der Waals surface area contributed by atoms with Crippen molar-refractivity contribution in [2.24, 2.45) is 5.92 Å². The van der Waals surface area contributed by atoms with Crippen molar-refractivity contribution in [3.05, 3.63) is 36.4 Å². The minimum Gasteiger partial charge on any atom is -0.490 e. The van der Waals surface area contributed by atoms with Gasteiger partial charge in [0.1, 0.15) is 11.4 Å². The highest BCUT2D eigenvalue weighted by Gasteiger charge is 2.48. The van der Waals surface area contributed by atoms with Gasteiger partial charge in [-0.15, -0.1) is 0 Å². The molecule has 1 saturated carbocycles. The lowest BCUT2D eigenvalue weighted by molar-refractivity contribution is -0.142. The summed E-state index contributed by atoms with van der Waals surface area (Å²) in [4.78, 5) is 13.1. The fourth-order valence-electron chi connectivity index (χ4n) is 3.35. The van der Waals surface area contributed by atoms with E-state index < -0.39 is 5.60 Å². The van der Waals surface area contributed by atoms with E-state index in [9.17, 15) is 4.79 Å². The molecule has 1 aliphatic carbocycles. The number of amides is 1. The van der Waals surface area contributed by atoms with Gasteiger partial charge in [0, 0.05) is 23.1 Å². The highest BCUT2D eigenvalue weighted by atomic mass is 16.5. The van der Waals surface area contributed by atoms with Crippen molar-refractivity contribution in [3.8, 4) is 5.75 Å². The maximum atomic E-state index is 13.1. The lowest BCUT2D eigenvalue weighted by atomic mass is 9.98. The first-order valence-corrected chi connectivity index (χ1v) is 10.1. The van der Waals surface area contributed by atoms with E-state index in [0.29, 0.717) is 12.5 Å². The summed E-state index contributed by atoms with van der Waals surface area (Å²) in [6.45, 7) is 8.77. The van der Waals surface area contributed by atoms with Crippen LogP contribution in [-0.4, -0.2) is 24.2 Å². The average molecular weight is 370 g/mol. The zero-order chi connectivity index (χ0) is 19.4. The number of carbonyl (C=O) groups excluding carboxylic acids is 1. The topological polar surface area (TPSA) is 47.6 Å². The third-order valence-electron chi connectivity index (χ3n) is 5.45. The number of ether oxygens (including phenoxy) is 2. The second-order valence-corrected chi connectivity index (χ2v) is 7.68. The molecule has 2 aromatic carbocycles. The highest BCUT2D eigenvalue weighted by Crippen LogP contribution is 2.43. The summed E-state index contributed by atoms with van der Waals surface area (Å²) < 4.78 is 12.1. The number of benzene rings is 2. The molecule has 4 heteroatoms. The summed E-state index contributed by atoms with van der Waals surface area (Å²) in [5.74, 6) is 1.10. The highest BCUT2D eigenvalue weighted by molar-refractivity contribution is 6.06. The Balaban J connectivity index is 1.88. The van der Waals surface area contributed by atoms with Crippen molar-refractivity contribution in [3.63, 3.8) is 0 Å². The Bertz CT molecular complexity index is 799. The van der Waals surface area contributed by atoms with E-state index >= 15 is 0 Å². The molecule has 1 aliphatic rings. The molecule has 0 heterocycles. The lowest BCUT2D eigenvalue weighted by Crippen LogP contribution is -2.45. The number of rotatable bonds is 9. The van der Waals surface area contributed by atoms with Gasteiger partial charge < -0.3 is 14.8 Å². The van der Waals surface area contributed by atoms with Crippen molar-refractivity contribution in [2.75, 3.05) is 11.9 Å². The number of carbonyl (C=O) groups is 1. The van der Waals surface area contributed by atoms with Crippen LogP contribution in [0.25, 0.3) is 10.8 Å². The van der Waals surface area contributed by atoms with Crippen molar-refractivity contribution in [2.45, 2.75) is 65.1 Å². The van der Waals surface area contributed by atoms with Crippen LogP contribution in [0.2, 0.25) is 0 Å². The maximum Gasteiger partial charge on any atom is 0.256 e. The summed E-state index contributed by atoms with van der Waals surface area (Å²) >= 11 is 0. The molecule has 2 aromatic rings. The molecule has 1 amide bonds. The molecular formula is C23H31NO3. The van der Waals surface area contributed by atoms with E-state index in [4.69, 9.17) is 9.47 Å². The second-order valence-electron chi connectivity index (χ2n) is 7.68. The molecule has 27 heavy (non-hydrogen) atoms. The Labute approximate surface area is 162 Å². The molecular weight excluding hydrogens is 338 g/mol. The molecule has 0 bridgehead atoms. The predicted octanol–water partition coefficient (Wildman–Crippen LogP) is 5.55. The number of hydrogen-bond donors (Lipinski definition) is 1. The van der Waals surface area contributed by atoms with Crippen molar-refractivity contribution >= 4 is 22.4 Å². The molecule has 0 saturated heterocycles. The molecule has 1 N–H and O–H groups in total. The summed E-state index contributed by atoms with van der Waals surface area (Å²) in [6, 6.07) is 11.9. The summed E-state index contributed by atoms with van der Waals surface area (Å²) in [5.41, 5.74) is 0.0438. The molecule has 0 radical (unpaired) electrons. The maximum absolute atomic E-state index is 13.1. The fraction of sp³-hybridized carbons (Fsp3) is 0.522. The van der Waals surface area contributed by atoms with Gasteiger partial charge in [-0.1, -0.05) is 38.1 Å². The Kier molecular flexibility index (Phi) is 6.05. The molecule has 3 rings (SSSR count). The van der Waals surface area contributed by atoms with Gasteiger partial charge in [0.25, 0.3) is 5.91 Å². The molecule has 1 fully saturated rings. The normalized spacial score (nSPS) is 17.3. The Hall–Kier alpha value is -2.07. The monoisotopic (exact) mass is 369 g/mol. The minimum atomic E-state index is -0.761. The Morgan fingerprint density at radius 2 is 1.89 bits per heavy atom. The largest absolute Gasteiger partial charge is 0.490 e. The third-order valence-corrected chi connectivity index (χ3v) is 5.45. The van der Waals surface area contributed by atoms with Gasteiger partial charge in [-0.2, -0.15) is 0 Å². The molecule has 2 atom stereocenters. The third kappa shape index (κ3) is 4.27. The van der Waals surface area contributed by atoms with Crippen LogP contribution < -0.4 is 10.1 Å². The first-order valence-electron chi connectivity index (χ1n) is 10.1. The zero-order valence-corrected chi connectivity index (χ0v) is 16.9. The minimum absolute atomic E-state index is 0.0563. The van der Waals surface area contributed by atoms with E-state index in [1.807, 2.05) is 43.3 Å². The van der Waals surface area contributed by atoms with Crippen LogP contribution in [-0.2, 0) is 9.53 Å². The van der Waals surface area contributed by atoms with Crippen LogP contribution in [0.15, 0.2) is 36.4 Å². The van der Waals surface area contributed by atoms with Gasteiger partial charge in [0.2, 0.25) is 0 Å². The van der Waals surface area contributed by atoms with Gasteiger partial charge in [-0.25, -0.2) is 0 Å². The average Bonchev–Trinajstić information content (AvgIpc) is 3.53. The quantitative estimate of drug-likeness (QED) is 0.630. The van der Waals surface area contributed by atoms with Crippen molar-refractivity contribution in [1.82, 2.24) is 0 Å². The molecule has 4 nitrogen and oxygen atoms in total. The smallest absolute Gasteiger partial charge is 0.256 e. The standard InChI is InChI=1S/C23H31NO3/c1-5-15-26-23(4,17-11-12-17)22(25)24-20-13-14-21(27-16(3)6-2)19-10-8-7-9-18(19)20/h7-10,13-14,16-17H,5-6,11-12,15H2,1-4H3,(H,24,25)/t16-,23-/m1/s1. The van der Waals surface area contributed by atoms with E-state index in [2.05, 4.69) is 26.1 Å². The van der Waals surface area contributed by atoms with Crippen molar-refractivity contribution in [1.29, 1.82) is 0 Å². The van der Waals surface area contributed by atoms with Crippen LogP contribution in [0, 0.1) is 5.92 Å². The molecule has 146 valence electrons. The lowest BCUT2D eigenvalue weighted by Gasteiger charge is -2.29. The van der Waals surface area contributed by atoms with E-state index in [0.717, 1.165) is 47.9 Å². The SMILES string of the molecule is CCCO[C@@](C)(C(=O)Nc1ccc(O[C@H](C)CC)c2ccccc12)C1CC1. The van der Waals surface area contributed by atoms with Crippen LogP contribution in [0.4, 0.5) is 5.69 Å². The summed E-state index contributed by atoms with van der Waals surface area (Å²) in [6.07, 6.45) is 4.10. The van der Waals surface area contributed by atoms with Gasteiger partial charge in [0.05, 0.1) is 6.10 Å². The van der Waals surface area contributed by atoms with Crippen LogP contribution in [0.3, 0.4) is 0 Å². The Morgan fingerprint density at radius 3 is 2.52 bits per heavy atom. The van der Waals surface area contributed by atoms with Gasteiger partial charge in [-0.05, 0) is 57.6 Å².